The van der Waals surface area contributed by atoms with Crippen LogP contribution in [0, 0.1) is 0 Å². The van der Waals surface area contributed by atoms with Gasteiger partial charge in [-0.05, 0) is 35.7 Å². The number of nitrogens with zero attached hydrogens (tertiary/aromatic N) is 2. The summed E-state index contributed by atoms with van der Waals surface area (Å²) in [5.41, 5.74) is -0.286. The van der Waals surface area contributed by atoms with Crippen molar-refractivity contribution in [3.05, 3.63) is 41.3 Å². The minimum absolute atomic E-state index is 0.286. The summed E-state index contributed by atoms with van der Waals surface area (Å²) in [5.74, 6) is 0.400. The van der Waals surface area contributed by atoms with E-state index in [1.807, 2.05) is 4.90 Å². The van der Waals surface area contributed by atoms with E-state index in [-0.39, 0.29) is 5.78 Å². The molecule has 2 aromatic rings. The zero-order chi connectivity index (χ0) is 15.3. The molecular formula is C15H12N2O4S. The van der Waals surface area contributed by atoms with Gasteiger partial charge in [-0.15, -0.1) is 11.3 Å². The number of hydrogen-bond donors (Lipinski definition) is 2. The van der Waals surface area contributed by atoms with Crippen molar-refractivity contribution < 1.29 is 20.0 Å². The third-order valence-corrected chi connectivity index (χ3v) is 4.86. The zero-order valence-corrected chi connectivity index (χ0v) is 12.2. The van der Waals surface area contributed by atoms with Gasteiger partial charge in [-0.3, -0.25) is 4.79 Å². The molecule has 1 aromatic carbocycles. The van der Waals surface area contributed by atoms with E-state index in [2.05, 4.69) is 9.88 Å². The Hall–Kier alpha value is -2.22. The molecule has 0 saturated carbocycles. The van der Waals surface area contributed by atoms with Gasteiger partial charge >= 0.3 is 0 Å². The largest absolute Gasteiger partial charge is 0.374 e. The summed E-state index contributed by atoms with van der Waals surface area (Å²) >= 11 is 1.38. The van der Waals surface area contributed by atoms with Crippen LogP contribution in [0.5, 0.6) is 5.75 Å². The normalized spacial score (nSPS) is 23.1. The topological polar surface area (TPSA) is 82.4 Å². The van der Waals surface area contributed by atoms with E-state index >= 15 is 0 Å². The van der Waals surface area contributed by atoms with Crippen LogP contribution in [0.1, 0.15) is 16.8 Å². The highest BCUT2D eigenvalue weighted by Gasteiger charge is 2.52. The molecule has 3 heterocycles. The van der Waals surface area contributed by atoms with Gasteiger partial charge in [0, 0.05) is 18.7 Å². The predicted molar refractivity (Wildman–Crippen MR) is 82.4 cm³/mol. The summed E-state index contributed by atoms with van der Waals surface area (Å²) in [6.45, 7) is 0.495. The molecule has 4 rings (SSSR count). The Morgan fingerprint density at radius 3 is 2.77 bits per heavy atom. The Morgan fingerprint density at radius 2 is 2.05 bits per heavy atom. The zero-order valence-electron chi connectivity index (χ0n) is 11.4. The lowest BCUT2D eigenvalue weighted by molar-refractivity contribution is -0.137. The van der Waals surface area contributed by atoms with Crippen LogP contribution in [0.3, 0.4) is 0 Å². The standard InChI is InChI=1S/C15H12N2O4S/c18-12-11-5-8-22-13(11)16-14-15(12,19)6-7-17(14)9-1-3-10(21-20)4-2-9/h1-5,8,19-20H,6-7H2. The number of carbonyl (C=O) groups is 1. The Balaban J connectivity index is 1.79. The van der Waals surface area contributed by atoms with Gasteiger partial charge in [-0.2, -0.15) is 0 Å². The molecular weight excluding hydrogens is 304 g/mol. The van der Waals surface area contributed by atoms with Gasteiger partial charge in [0.15, 0.2) is 17.2 Å². The number of ketones is 1. The number of anilines is 1. The van der Waals surface area contributed by atoms with Crippen molar-refractivity contribution >= 4 is 33.6 Å². The molecule has 0 amide bonds. The summed E-state index contributed by atoms with van der Waals surface area (Å²) in [6, 6.07) is 8.40. The Kier molecular flexibility index (Phi) is 2.83. The number of aliphatic hydroxyl groups is 1. The molecule has 2 aliphatic heterocycles. The number of rotatable bonds is 2. The summed E-state index contributed by atoms with van der Waals surface area (Å²) in [5, 5.41) is 21.8. The van der Waals surface area contributed by atoms with E-state index in [1.165, 1.54) is 11.3 Å². The van der Waals surface area contributed by atoms with E-state index < -0.39 is 5.60 Å². The Bertz CT molecular complexity index is 783. The number of benzene rings is 1. The molecule has 0 bridgehead atoms. The van der Waals surface area contributed by atoms with Crippen molar-refractivity contribution in [2.45, 2.75) is 12.0 Å². The van der Waals surface area contributed by atoms with Gasteiger partial charge in [-0.1, -0.05) is 0 Å². The lowest BCUT2D eigenvalue weighted by atomic mass is 9.90. The van der Waals surface area contributed by atoms with Gasteiger partial charge < -0.3 is 14.9 Å². The van der Waals surface area contributed by atoms with Crippen LogP contribution in [0.25, 0.3) is 0 Å². The molecule has 1 aromatic heterocycles. The number of thiophene rings is 1. The van der Waals surface area contributed by atoms with Gasteiger partial charge in [-0.25, -0.2) is 10.2 Å². The summed E-state index contributed by atoms with van der Waals surface area (Å²) in [4.78, 5) is 23.0. The maximum Gasteiger partial charge on any atom is 0.205 e. The van der Waals surface area contributed by atoms with Crippen LogP contribution in [0.4, 0.5) is 10.7 Å². The van der Waals surface area contributed by atoms with Crippen LogP contribution < -0.4 is 9.79 Å². The summed E-state index contributed by atoms with van der Waals surface area (Å²) in [6.07, 6.45) is 0.304. The minimum atomic E-state index is -1.56. The van der Waals surface area contributed by atoms with E-state index in [9.17, 15) is 9.90 Å². The highest BCUT2D eigenvalue weighted by atomic mass is 32.1. The number of carbonyl (C=O) groups excluding carboxylic acids is 1. The molecule has 2 aliphatic rings. The number of Topliss-reactive ketones (excluding diaryl/α,β-unsaturated/α-hetero) is 1. The van der Waals surface area contributed by atoms with Crippen molar-refractivity contribution in [3.8, 4) is 5.75 Å². The molecule has 0 aliphatic carbocycles. The SMILES string of the molecule is O=C1c2ccsc2N=C2N(c3ccc(OO)cc3)CCC12O. The van der Waals surface area contributed by atoms with Gasteiger partial charge in [0.1, 0.15) is 5.00 Å². The van der Waals surface area contributed by atoms with Crippen LogP contribution in [0.2, 0.25) is 0 Å². The van der Waals surface area contributed by atoms with Crippen LogP contribution in [-0.2, 0) is 0 Å². The first-order chi connectivity index (χ1) is 10.6. The fraction of sp³-hybridized carbons (Fsp3) is 0.200. The minimum Gasteiger partial charge on any atom is -0.374 e. The van der Waals surface area contributed by atoms with Crippen molar-refractivity contribution in [3.63, 3.8) is 0 Å². The second-order valence-corrected chi connectivity index (χ2v) is 6.15. The Morgan fingerprint density at radius 1 is 1.27 bits per heavy atom. The molecule has 1 atom stereocenters. The molecule has 112 valence electrons. The second kappa shape index (κ2) is 4.64. The maximum absolute atomic E-state index is 12.6. The number of aliphatic imine (C=N–C) groups is 1. The summed E-state index contributed by atoms with van der Waals surface area (Å²) in [7, 11) is 0. The van der Waals surface area contributed by atoms with Gasteiger partial charge in [0.05, 0.1) is 5.56 Å². The molecule has 6 nitrogen and oxygen atoms in total. The van der Waals surface area contributed by atoms with E-state index in [0.717, 1.165) is 5.69 Å². The monoisotopic (exact) mass is 316 g/mol. The number of fused-ring (bicyclic) bond motifs is 2. The molecule has 1 saturated heterocycles. The first-order valence-corrected chi connectivity index (χ1v) is 7.64. The van der Waals surface area contributed by atoms with E-state index in [1.54, 1.807) is 35.7 Å². The van der Waals surface area contributed by atoms with Crippen molar-refractivity contribution in [2.75, 3.05) is 11.4 Å². The van der Waals surface area contributed by atoms with E-state index in [4.69, 9.17) is 5.26 Å². The number of hydrogen-bond acceptors (Lipinski definition) is 7. The quantitative estimate of drug-likeness (QED) is 0.657. The van der Waals surface area contributed by atoms with Crippen molar-refractivity contribution in [1.29, 1.82) is 0 Å². The van der Waals surface area contributed by atoms with Crippen LogP contribution in [0.15, 0.2) is 40.7 Å². The molecule has 22 heavy (non-hydrogen) atoms. The second-order valence-electron chi connectivity index (χ2n) is 5.25. The molecule has 7 heteroatoms. The summed E-state index contributed by atoms with van der Waals surface area (Å²) < 4.78 is 0. The molecule has 2 N–H and O–H groups in total. The fourth-order valence-electron chi connectivity index (χ4n) is 2.90. The number of amidine groups is 1. The average Bonchev–Trinajstić information content (AvgIpc) is 3.14. The highest BCUT2D eigenvalue weighted by Crippen LogP contribution is 2.41. The van der Waals surface area contributed by atoms with E-state index in [0.29, 0.717) is 35.1 Å². The molecule has 0 spiro atoms. The third-order valence-electron chi connectivity index (χ3n) is 4.05. The third kappa shape index (κ3) is 1.73. The van der Waals surface area contributed by atoms with Gasteiger partial charge in [0.25, 0.3) is 0 Å². The van der Waals surface area contributed by atoms with Gasteiger partial charge in [0.2, 0.25) is 5.78 Å². The van der Waals surface area contributed by atoms with Crippen molar-refractivity contribution in [2.24, 2.45) is 4.99 Å². The lowest BCUT2D eigenvalue weighted by Gasteiger charge is -2.28. The highest BCUT2D eigenvalue weighted by molar-refractivity contribution is 7.14. The smallest absolute Gasteiger partial charge is 0.205 e. The predicted octanol–water partition coefficient (Wildman–Crippen LogP) is 2.47. The fourth-order valence-corrected chi connectivity index (χ4v) is 3.66. The molecule has 0 radical (unpaired) electrons. The maximum atomic E-state index is 12.6. The lowest BCUT2D eigenvalue weighted by Crippen LogP contribution is -2.48. The van der Waals surface area contributed by atoms with Crippen LogP contribution in [-0.4, -0.2) is 34.1 Å². The van der Waals surface area contributed by atoms with Crippen molar-refractivity contribution in [1.82, 2.24) is 0 Å². The first-order valence-electron chi connectivity index (χ1n) is 6.76. The molecule has 1 fully saturated rings. The van der Waals surface area contributed by atoms with Crippen LogP contribution >= 0.6 is 11.3 Å². The first kappa shape index (κ1) is 13.4. The Labute approximate surface area is 129 Å². The molecule has 1 unspecified atom stereocenters. The average molecular weight is 316 g/mol.